The van der Waals surface area contributed by atoms with Crippen LogP contribution in [0.3, 0.4) is 0 Å². The van der Waals surface area contributed by atoms with Crippen molar-refractivity contribution in [3.05, 3.63) is 41.7 Å². The lowest BCUT2D eigenvalue weighted by molar-refractivity contribution is 0.270. The zero-order chi connectivity index (χ0) is 16.2. The van der Waals surface area contributed by atoms with Crippen molar-refractivity contribution < 1.29 is 0 Å². The van der Waals surface area contributed by atoms with Crippen molar-refractivity contribution in [2.45, 2.75) is 20.8 Å². The number of rotatable bonds is 4. The van der Waals surface area contributed by atoms with Crippen LogP contribution in [-0.2, 0) is 0 Å². The fraction of sp³-hybridized carbons (Fsp3) is 0.444. The molecule has 122 valence electrons. The van der Waals surface area contributed by atoms with Gasteiger partial charge in [0, 0.05) is 37.9 Å². The van der Waals surface area contributed by atoms with Crippen molar-refractivity contribution in [1.82, 2.24) is 14.9 Å². The van der Waals surface area contributed by atoms with E-state index in [1.54, 1.807) is 6.33 Å². The van der Waals surface area contributed by atoms with Crippen LogP contribution in [0.5, 0.6) is 0 Å². The Labute approximate surface area is 138 Å². The number of hydrogen-bond donors (Lipinski definition) is 1. The highest BCUT2D eigenvalue weighted by Crippen LogP contribution is 2.21. The molecule has 1 fully saturated rings. The van der Waals surface area contributed by atoms with Crippen molar-refractivity contribution >= 4 is 17.3 Å². The Morgan fingerprint density at radius 2 is 1.78 bits per heavy atom. The van der Waals surface area contributed by atoms with E-state index in [0.717, 1.165) is 50.0 Å². The summed E-state index contributed by atoms with van der Waals surface area (Å²) in [5.74, 6) is 1.85. The van der Waals surface area contributed by atoms with E-state index in [-0.39, 0.29) is 0 Å². The molecule has 3 rings (SSSR count). The van der Waals surface area contributed by atoms with E-state index < -0.39 is 0 Å². The van der Waals surface area contributed by atoms with Gasteiger partial charge >= 0.3 is 0 Å². The molecule has 0 saturated carbocycles. The van der Waals surface area contributed by atoms with Gasteiger partial charge in [-0.1, -0.05) is 13.0 Å². The summed E-state index contributed by atoms with van der Waals surface area (Å²) in [6.45, 7) is 11.8. The normalized spacial score (nSPS) is 15.7. The molecule has 23 heavy (non-hydrogen) atoms. The minimum atomic E-state index is 0.844. The number of aromatic nitrogens is 2. The summed E-state index contributed by atoms with van der Waals surface area (Å²) in [6.07, 6.45) is 1.64. The topological polar surface area (TPSA) is 44.3 Å². The lowest BCUT2D eigenvalue weighted by Gasteiger charge is -2.34. The van der Waals surface area contributed by atoms with E-state index in [1.807, 2.05) is 6.07 Å². The quantitative estimate of drug-likeness (QED) is 0.940. The van der Waals surface area contributed by atoms with Gasteiger partial charge in [0.15, 0.2) is 0 Å². The second kappa shape index (κ2) is 6.96. The van der Waals surface area contributed by atoms with Crippen LogP contribution >= 0.6 is 0 Å². The highest BCUT2D eigenvalue weighted by Gasteiger charge is 2.17. The SMILES string of the molecule is CCN1CCN(c2cc(Nc3ccc(C)c(C)c3)ncn2)CC1. The first-order valence-corrected chi connectivity index (χ1v) is 8.29. The fourth-order valence-electron chi connectivity index (χ4n) is 2.85. The standard InChI is InChI=1S/C18H25N5/c1-4-22-7-9-23(10-8-22)18-12-17(19-13-20-18)21-16-6-5-14(2)15(3)11-16/h5-6,11-13H,4,7-10H2,1-3H3,(H,19,20,21). The summed E-state index contributed by atoms with van der Waals surface area (Å²) in [5.41, 5.74) is 3.64. The van der Waals surface area contributed by atoms with Crippen molar-refractivity contribution in [3.8, 4) is 0 Å². The largest absolute Gasteiger partial charge is 0.354 e. The second-order valence-electron chi connectivity index (χ2n) is 6.11. The maximum absolute atomic E-state index is 4.44. The van der Waals surface area contributed by atoms with Crippen LogP contribution in [0.25, 0.3) is 0 Å². The first-order valence-electron chi connectivity index (χ1n) is 8.29. The number of anilines is 3. The van der Waals surface area contributed by atoms with Gasteiger partial charge in [-0.2, -0.15) is 0 Å². The minimum absolute atomic E-state index is 0.844. The van der Waals surface area contributed by atoms with E-state index in [4.69, 9.17) is 0 Å². The zero-order valence-electron chi connectivity index (χ0n) is 14.2. The Bertz CT molecular complexity index is 662. The monoisotopic (exact) mass is 311 g/mol. The molecular formula is C18H25N5. The molecule has 2 aromatic rings. The van der Waals surface area contributed by atoms with Gasteiger partial charge in [0.2, 0.25) is 0 Å². The van der Waals surface area contributed by atoms with Gasteiger partial charge in [-0.3, -0.25) is 0 Å². The Balaban J connectivity index is 1.71. The first-order chi connectivity index (χ1) is 11.2. The molecule has 1 aliphatic heterocycles. The molecule has 0 unspecified atom stereocenters. The number of benzene rings is 1. The molecule has 0 radical (unpaired) electrons. The molecule has 0 spiro atoms. The van der Waals surface area contributed by atoms with Crippen molar-refractivity contribution in [2.75, 3.05) is 42.9 Å². The highest BCUT2D eigenvalue weighted by molar-refractivity contribution is 5.60. The smallest absolute Gasteiger partial charge is 0.135 e. The molecule has 0 aliphatic carbocycles. The predicted octanol–water partition coefficient (Wildman–Crippen LogP) is 2.98. The maximum Gasteiger partial charge on any atom is 0.135 e. The number of nitrogens with zero attached hydrogens (tertiary/aromatic N) is 4. The Kier molecular flexibility index (Phi) is 4.76. The van der Waals surface area contributed by atoms with Gasteiger partial charge in [-0.15, -0.1) is 0 Å². The van der Waals surface area contributed by atoms with Crippen LogP contribution in [0.4, 0.5) is 17.3 Å². The molecule has 1 aromatic heterocycles. The van der Waals surface area contributed by atoms with Crippen LogP contribution in [0.1, 0.15) is 18.1 Å². The van der Waals surface area contributed by atoms with Gasteiger partial charge in [-0.05, 0) is 43.7 Å². The third-order valence-corrected chi connectivity index (χ3v) is 4.58. The molecule has 1 aromatic carbocycles. The molecule has 2 heterocycles. The molecule has 5 heteroatoms. The number of likely N-dealkylation sites (N-methyl/N-ethyl adjacent to an activating group) is 1. The second-order valence-corrected chi connectivity index (χ2v) is 6.11. The van der Waals surface area contributed by atoms with Gasteiger partial charge in [0.25, 0.3) is 0 Å². The predicted molar refractivity (Wildman–Crippen MR) is 95.6 cm³/mol. The summed E-state index contributed by atoms with van der Waals surface area (Å²) in [7, 11) is 0. The van der Waals surface area contributed by atoms with Crippen LogP contribution in [-0.4, -0.2) is 47.6 Å². The molecule has 1 aliphatic rings. The number of piperazine rings is 1. The molecule has 0 atom stereocenters. The molecular weight excluding hydrogens is 286 g/mol. The van der Waals surface area contributed by atoms with Gasteiger partial charge < -0.3 is 15.1 Å². The van der Waals surface area contributed by atoms with Gasteiger partial charge in [0.1, 0.15) is 18.0 Å². The Hall–Kier alpha value is -2.14. The molecule has 0 bridgehead atoms. The third kappa shape index (κ3) is 3.79. The fourth-order valence-corrected chi connectivity index (χ4v) is 2.85. The zero-order valence-corrected chi connectivity index (χ0v) is 14.2. The first kappa shape index (κ1) is 15.7. The summed E-state index contributed by atoms with van der Waals surface area (Å²) in [4.78, 5) is 13.6. The van der Waals surface area contributed by atoms with E-state index in [1.165, 1.54) is 11.1 Å². The van der Waals surface area contributed by atoms with Crippen LogP contribution < -0.4 is 10.2 Å². The van der Waals surface area contributed by atoms with Crippen LogP contribution in [0, 0.1) is 13.8 Å². The molecule has 1 N–H and O–H groups in total. The summed E-state index contributed by atoms with van der Waals surface area (Å²) in [6, 6.07) is 8.40. The molecule has 1 saturated heterocycles. The Morgan fingerprint density at radius 1 is 1.00 bits per heavy atom. The number of aryl methyl sites for hydroxylation is 2. The minimum Gasteiger partial charge on any atom is -0.354 e. The summed E-state index contributed by atoms with van der Waals surface area (Å²) in [5, 5.41) is 3.38. The summed E-state index contributed by atoms with van der Waals surface area (Å²) >= 11 is 0. The molecule has 5 nitrogen and oxygen atoms in total. The third-order valence-electron chi connectivity index (χ3n) is 4.58. The van der Waals surface area contributed by atoms with Crippen LogP contribution in [0.2, 0.25) is 0 Å². The summed E-state index contributed by atoms with van der Waals surface area (Å²) < 4.78 is 0. The van der Waals surface area contributed by atoms with E-state index in [2.05, 4.69) is 64.1 Å². The average Bonchev–Trinajstić information content (AvgIpc) is 2.58. The average molecular weight is 311 g/mol. The van der Waals surface area contributed by atoms with Crippen molar-refractivity contribution in [1.29, 1.82) is 0 Å². The van der Waals surface area contributed by atoms with Gasteiger partial charge in [0.05, 0.1) is 0 Å². The highest BCUT2D eigenvalue weighted by atomic mass is 15.3. The van der Waals surface area contributed by atoms with Crippen molar-refractivity contribution in [2.24, 2.45) is 0 Å². The van der Waals surface area contributed by atoms with Crippen molar-refractivity contribution in [3.63, 3.8) is 0 Å². The maximum atomic E-state index is 4.44. The van der Waals surface area contributed by atoms with E-state index in [9.17, 15) is 0 Å². The Morgan fingerprint density at radius 3 is 2.48 bits per heavy atom. The molecule has 0 amide bonds. The van der Waals surface area contributed by atoms with Gasteiger partial charge in [-0.25, -0.2) is 9.97 Å². The number of hydrogen-bond acceptors (Lipinski definition) is 5. The van der Waals surface area contributed by atoms with E-state index in [0.29, 0.717) is 0 Å². The lowest BCUT2D eigenvalue weighted by atomic mass is 10.1. The van der Waals surface area contributed by atoms with Crippen LogP contribution in [0.15, 0.2) is 30.6 Å². The lowest BCUT2D eigenvalue weighted by Crippen LogP contribution is -2.46. The number of nitrogens with one attached hydrogen (secondary N) is 1. The van der Waals surface area contributed by atoms with E-state index >= 15 is 0 Å².